The first-order valence-corrected chi connectivity index (χ1v) is 6.12. The Hall–Kier alpha value is -1.72. The Labute approximate surface area is 103 Å². The lowest BCUT2D eigenvalue weighted by Gasteiger charge is -2.02. The van der Waals surface area contributed by atoms with Crippen LogP contribution >= 0.6 is 11.3 Å². The minimum Gasteiger partial charge on any atom is -0.383 e. The standard InChI is InChI=1S/C12H13N3OS/c13-11-8-17-12(15-11)10(16)7-14-6-9-4-2-1-3-5-9/h1-5,8,14H,6-7,13H2. The third-order valence-electron chi connectivity index (χ3n) is 2.22. The maximum atomic E-state index is 11.7. The van der Waals surface area contributed by atoms with Crippen molar-refractivity contribution in [3.8, 4) is 0 Å². The number of nitrogens with one attached hydrogen (secondary N) is 1. The maximum Gasteiger partial charge on any atom is 0.205 e. The van der Waals surface area contributed by atoms with Gasteiger partial charge in [0, 0.05) is 11.9 Å². The number of nitrogens with zero attached hydrogens (tertiary/aromatic N) is 1. The fourth-order valence-corrected chi connectivity index (χ4v) is 2.05. The molecule has 0 bridgehead atoms. The largest absolute Gasteiger partial charge is 0.383 e. The molecule has 0 amide bonds. The van der Waals surface area contributed by atoms with Crippen LogP contribution in [-0.4, -0.2) is 17.3 Å². The number of aromatic nitrogens is 1. The lowest BCUT2D eigenvalue weighted by atomic mass is 10.2. The number of carbonyl (C=O) groups excluding carboxylic acids is 1. The van der Waals surface area contributed by atoms with Crippen molar-refractivity contribution in [1.82, 2.24) is 10.3 Å². The highest BCUT2D eigenvalue weighted by molar-refractivity contribution is 7.12. The van der Waals surface area contributed by atoms with Gasteiger partial charge in [-0.1, -0.05) is 30.3 Å². The van der Waals surface area contributed by atoms with Crippen LogP contribution in [0.25, 0.3) is 0 Å². The first-order chi connectivity index (χ1) is 8.25. The number of hydrogen-bond donors (Lipinski definition) is 2. The molecule has 1 aromatic carbocycles. The molecule has 0 saturated heterocycles. The fourth-order valence-electron chi connectivity index (χ4n) is 1.41. The van der Waals surface area contributed by atoms with Gasteiger partial charge in [0.2, 0.25) is 5.78 Å². The summed E-state index contributed by atoms with van der Waals surface area (Å²) in [6.07, 6.45) is 0. The fraction of sp³-hybridized carbons (Fsp3) is 0.167. The minimum absolute atomic E-state index is 0.0253. The number of thiazole rings is 1. The molecular weight excluding hydrogens is 234 g/mol. The van der Waals surface area contributed by atoms with Crippen LogP contribution in [0.1, 0.15) is 15.4 Å². The minimum atomic E-state index is -0.0253. The van der Waals surface area contributed by atoms with E-state index >= 15 is 0 Å². The molecule has 0 unspecified atom stereocenters. The van der Waals surface area contributed by atoms with Crippen molar-refractivity contribution >= 4 is 22.9 Å². The van der Waals surface area contributed by atoms with E-state index in [0.717, 1.165) is 5.56 Å². The van der Waals surface area contributed by atoms with E-state index in [-0.39, 0.29) is 12.3 Å². The lowest BCUT2D eigenvalue weighted by Crippen LogP contribution is -2.22. The van der Waals surface area contributed by atoms with Crippen LogP contribution < -0.4 is 11.1 Å². The Morgan fingerprint density at radius 3 is 2.76 bits per heavy atom. The summed E-state index contributed by atoms with van der Waals surface area (Å²) in [7, 11) is 0. The molecule has 2 rings (SSSR count). The highest BCUT2D eigenvalue weighted by atomic mass is 32.1. The lowest BCUT2D eigenvalue weighted by molar-refractivity contribution is 0.0990. The Kier molecular flexibility index (Phi) is 3.85. The van der Waals surface area contributed by atoms with E-state index in [1.54, 1.807) is 5.38 Å². The molecular formula is C12H13N3OS. The van der Waals surface area contributed by atoms with Gasteiger partial charge >= 0.3 is 0 Å². The van der Waals surface area contributed by atoms with Gasteiger partial charge in [-0.05, 0) is 5.56 Å². The number of ketones is 1. The number of nitrogens with two attached hydrogens (primary N) is 1. The molecule has 0 fully saturated rings. The SMILES string of the molecule is Nc1csc(C(=O)CNCc2ccccc2)n1. The highest BCUT2D eigenvalue weighted by Gasteiger charge is 2.09. The molecule has 5 heteroatoms. The van der Waals surface area contributed by atoms with E-state index in [0.29, 0.717) is 17.4 Å². The first-order valence-electron chi connectivity index (χ1n) is 5.24. The number of nitrogen functional groups attached to an aromatic ring is 1. The van der Waals surface area contributed by atoms with E-state index in [9.17, 15) is 4.79 Å². The number of anilines is 1. The topological polar surface area (TPSA) is 68.0 Å². The van der Waals surface area contributed by atoms with Gasteiger partial charge in [0.05, 0.1) is 6.54 Å². The van der Waals surface area contributed by atoms with E-state index in [1.165, 1.54) is 11.3 Å². The average molecular weight is 247 g/mol. The van der Waals surface area contributed by atoms with Crippen molar-refractivity contribution in [2.24, 2.45) is 0 Å². The number of benzene rings is 1. The zero-order chi connectivity index (χ0) is 12.1. The van der Waals surface area contributed by atoms with Gasteiger partial charge in [-0.25, -0.2) is 4.98 Å². The first kappa shape index (κ1) is 11.8. The molecule has 0 radical (unpaired) electrons. The summed E-state index contributed by atoms with van der Waals surface area (Å²) >= 11 is 1.28. The van der Waals surface area contributed by atoms with E-state index in [4.69, 9.17) is 5.73 Å². The molecule has 0 aliphatic heterocycles. The van der Waals surface area contributed by atoms with Gasteiger partial charge in [-0.15, -0.1) is 11.3 Å². The molecule has 0 aliphatic rings. The van der Waals surface area contributed by atoms with Crippen molar-refractivity contribution in [1.29, 1.82) is 0 Å². The highest BCUT2D eigenvalue weighted by Crippen LogP contribution is 2.11. The van der Waals surface area contributed by atoms with E-state index < -0.39 is 0 Å². The molecule has 2 aromatic rings. The van der Waals surface area contributed by atoms with Crippen molar-refractivity contribution in [2.75, 3.05) is 12.3 Å². The summed E-state index contributed by atoms with van der Waals surface area (Å²) in [4.78, 5) is 15.6. The maximum absolute atomic E-state index is 11.7. The molecule has 0 saturated carbocycles. The smallest absolute Gasteiger partial charge is 0.205 e. The third-order valence-corrected chi connectivity index (χ3v) is 3.12. The molecule has 3 N–H and O–H groups in total. The molecule has 0 atom stereocenters. The molecule has 88 valence electrons. The average Bonchev–Trinajstić information content (AvgIpc) is 2.77. The zero-order valence-electron chi connectivity index (χ0n) is 9.22. The normalized spacial score (nSPS) is 10.4. The van der Waals surface area contributed by atoms with Crippen LogP contribution in [0.2, 0.25) is 0 Å². The number of Topliss-reactive ketones (excluding diaryl/α,β-unsaturated/α-hetero) is 1. The van der Waals surface area contributed by atoms with Gasteiger partial charge in [0.15, 0.2) is 5.01 Å². The predicted molar refractivity (Wildman–Crippen MR) is 69.0 cm³/mol. The molecule has 0 aliphatic carbocycles. The second-order valence-corrected chi connectivity index (χ2v) is 4.45. The molecule has 1 aromatic heterocycles. The Morgan fingerprint density at radius 2 is 2.12 bits per heavy atom. The van der Waals surface area contributed by atoms with Gasteiger partial charge in [0.1, 0.15) is 5.82 Å². The van der Waals surface area contributed by atoms with Crippen LogP contribution in [0.5, 0.6) is 0 Å². The number of hydrogen-bond acceptors (Lipinski definition) is 5. The van der Waals surface area contributed by atoms with Crippen LogP contribution in [0.15, 0.2) is 35.7 Å². The zero-order valence-corrected chi connectivity index (χ0v) is 10.0. The summed E-state index contributed by atoms with van der Waals surface area (Å²) in [6, 6.07) is 9.94. The van der Waals surface area contributed by atoms with Crippen LogP contribution in [0, 0.1) is 0 Å². The molecule has 4 nitrogen and oxygen atoms in total. The van der Waals surface area contributed by atoms with Gasteiger partial charge in [-0.2, -0.15) is 0 Å². The summed E-state index contributed by atoms with van der Waals surface area (Å²) < 4.78 is 0. The Balaban J connectivity index is 1.81. The summed E-state index contributed by atoms with van der Waals surface area (Å²) in [5.41, 5.74) is 6.61. The summed E-state index contributed by atoms with van der Waals surface area (Å²) in [5, 5.41) is 5.22. The van der Waals surface area contributed by atoms with Crippen molar-refractivity contribution in [2.45, 2.75) is 6.54 Å². The second kappa shape index (κ2) is 5.56. The summed E-state index contributed by atoms with van der Waals surface area (Å²) in [6.45, 7) is 0.954. The molecule has 0 spiro atoms. The van der Waals surface area contributed by atoms with Crippen LogP contribution in [0.3, 0.4) is 0 Å². The Bertz CT molecular complexity index is 495. The molecule has 17 heavy (non-hydrogen) atoms. The van der Waals surface area contributed by atoms with Crippen LogP contribution in [-0.2, 0) is 6.54 Å². The van der Waals surface area contributed by atoms with Crippen molar-refractivity contribution in [3.05, 3.63) is 46.3 Å². The van der Waals surface area contributed by atoms with Crippen LogP contribution in [0.4, 0.5) is 5.82 Å². The van der Waals surface area contributed by atoms with E-state index in [1.807, 2.05) is 30.3 Å². The summed E-state index contributed by atoms with van der Waals surface area (Å²) in [5.74, 6) is 0.379. The van der Waals surface area contributed by atoms with Gasteiger partial charge in [0.25, 0.3) is 0 Å². The monoisotopic (exact) mass is 247 g/mol. The van der Waals surface area contributed by atoms with Crippen molar-refractivity contribution in [3.63, 3.8) is 0 Å². The second-order valence-electron chi connectivity index (χ2n) is 3.59. The molecule has 1 heterocycles. The van der Waals surface area contributed by atoms with Gasteiger partial charge in [-0.3, -0.25) is 4.79 Å². The van der Waals surface area contributed by atoms with Gasteiger partial charge < -0.3 is 11.1 Å². The Morgan fingerprint density at radius 1 is 1.35 bits per heavy atom. The number of rotatable bonds is 5. The quantitative estimate of drug-likeness (QED) is 0.789. The third kappa shape index (κ3) is 3.37. The number of carbonyl (C=O) groups is 1. The predicted octanol–water partition coefficient (Wildman–Crippen LogP) is 1.70. The van der Waals surface area contributed by atoms with E-state index in [2.05, 4.69) is 10.3 Å². The van der Waals surface area contributed by atoms with Crippen molar-refractivity contribution < 1.29 is 4.79 Å².